The van der Waals surface area contributed by atoms with Gasteiger partial charge in [-0.15, -0.1) is 0 Å². The molecule has 49 valence electrons. The predicted molar refractivity (Wildman–Crippen MR) is 21.6 cm³/mol. The second-order valence-corrected chi connectivity index (χ2v) is 2.41. The fourth-order valence-corrected chi connectivity index (χ4v) is 0. The molecule has 0 saturated carbocycles. The molecule has 0 bridgehead atoms. The van der Waals surface area contributed by atoms with Crippen molar-refractivity contribution in [2.45, 2.75) is 0 Å². The summed E-state index contributed by atoms with van der Waals surface area (Å²) in [7, 11) is -4.60. The molecule has 0 aliphatic rings. The molecule has 0 unspecified atom stereocenters. The third-order valence-corrected chi connectivity index (χ3v) is 0.861. The van der Waals surface area contributed by atoms with E-state index in [9.17, 15) is 9.36 Å². The Morgan fingerprint density at radius 2 is 1.62 bits per heavy atom. The zero-order valence-corrected chi connectivity index (χ0v) is 5.69. The van der Waals surface area contributed by atoms with Gasteiger partial charge in [0, 0.05) is 17.1 Å². The normalized spacial score (nSPS) is 9.75. The SMILES string of the molecule is NC(=O)P(=O)(O)O.[Mn]. The van der Waals surface area contributed by atoms with Gasteiger partial charge in [0.1, 0.15) is 0 Å². The van der Waals surface area contributed by atoms with Gasteiger partial charge in [0.05, 0.1) is 0 Å². The van der Waals surface area contributed by atoms with Gasteiger partial charge in [-0.3, -0.25) is 4.79 Å². The van der Waals surface area contributed by atoms with E-state index < -0.39 is 13.2 Å². The van der Waals surface area contributed by atoms with Gasteiger partial charge < -0.3 is 15.5 Å². The molecule has 1 amide bonds. The van der Waals surface area contributed by atoms with E-state index in [-0.39, 0.29) is 17.1 Å². The summed E-state index contributed by atoms with van der Waals surface area (Å²) in [5, 5.41) is 0. The molecule has 0 aliphatic carbocycles. The molecule has 0 rings (SSSR count). The molecule has 0 aliphatic heterocycles. The van der Waals surface area contributed by atoms with E-state index in [2.05, 4.69) is 5.73 Å². The summed E-state index contributed by atoms with van der Waals surface area (Å²) in [4.78, 5) is 24.9. The fraction of sp³-hybridized carbons (Fsp3) is 0. The Hall–Kier alpha value is 0.139. The van der Waals surface area contributed by atoms with Crippen molar-refractivity contribution in [1.29, 1.82) is 0 Å². The van der Waals surface area contributed by atoms with E-state index in [1.54, 1.807) is 0 Å². The van der Waals surface area contributed by atoms with Gasteiger partial charge in [0.2, 0.25) is 0 Å². The van der Waals surface area contributed by atoms with E-state index in [1.165, 1.54) is 0 Å². The number of primary amides is 1. The summed E-state index contributed by atoms with van der Waals surface area (Å²) in [6, 6.07) is 0. The fourth-order valence-electron chi connectivity index (χ4n) is 0. The minimum atomic E-state index is -4.60. The molecule has 1 radical (unpaired) electrons. The van der Waals surface area contributed by atoms with Crippen LogP contribution in [0.15, 0.2) is 0 Å². The number of carbonyl (C=O) groups excluding carboxylic acids is 1. The van der Waals surface area contributed by atoms with Crippen molar-refractivity contribution >= 4 is 13.2 Å². The van der Waals surface area contributed by atoms with Gasteiger partial charge in [-0.1, -0.05) is 0 Å². The minimum absolute atomic E-state index is 0. The molecule has 0 atom stereocenters. The maximum absolute atomic E-state index is 9.55. The van der Waals surface area contributed by atoms with Crippen LogP contribution in [0.4, 0.5) is 4.79 Å². The third-order valence-electron chi connectivity index (χ3n) is 0.287. The molecule has 0 saturated heterocycles. The summed E-state index contributed by atoms with van der Waals surface area (Å²) in [6.45, 7) is 0. The minimum Gasteiger partial charge on any atom is -0.359 e. The van der Waals surface area contributed by atoms with Crippen LogP contribution in [0.3, 0.4) is 0 Å². The van der Waals surface area contributed by atoms with E-state index in [1.807, 2.05) is 0 Å². The largest absolute Gasteiger partial charge is 0.412 e. The Morgan fingerprint density at radius 3 is 1.62 bits per heavy atom. The zero-order chi connectivity index (χ0) is 6.08. The second kappa shape index (κ2) is 3.22. The van der Waals surface area contributed by atoms with Crippen molar-refractivity contribution in [2.24, 2.45) is 5.73 Å². The molecule has 0 aromatic rings. The van der Waals surface area contributed by atoms with Crippen LogP contribution in [0.5, 0.6) is 0 Å². The van der Waals surface area contributed by atoms with Crippen LogP contribution in [0.1, 0.15) is 0 Å². The Morgan fingerprint density at radius 1 is 1.50 bits per heavy atom. The van der Waals surface area contributed by atoms with Crippen LogP contribution in [0.2, 0.25) is 0 Å². The Balaban J connectivity index is 0. The smallest absolute Gasteiger partial charge is 0.359 e. The number of carbonyl (C=O) groups is 1. The van der Waals surface area contributed by atoms with Crippen molar-refractivity contribution in [3.63, 3.8) is 0 Å². The van der Waals surface area contributed by atoms with Gasteiger partial charge in [-0.2, -0.15) is 0 Å². The quantitative estimate of drug-likeness (QED) is 0.364. The van der Waals surface area contributed by atoms with Gasteiger partial charge in [-0.05, 0) is 0 Å². The number of hydrogen-bond acceptors (Lipinski definition) is 2. The number of nitrogens with two attached hydrogens (primary N) is 1. The molecule has 7 heteroatoms. The van der Waals surface area contributed by atoms with Crippen LogP contribution in [0, 0.1) is 0 Å². The maximum Gasteiger partial charge on any atom is 0.412 e. The Labute approximate surface area is 55.9 Å². The van der Waals surface area contributed by atoms with Crippen LogP contribution < -0.4 is 5.73 Å². The summed E-state index contributed by atoms with van der Waals surface area (Å²) >= 11 is 0. The van der Waals surface area contributed by atoms with Crippen molar-refractivity contribution < 1.29 is 36.2 Å². The molecular formula is CH4MnNO4P. The van der Waals surface area contributed by atoms with E-state index >= 15 is 0 Å². The standard InChI is InChI=1S/CH4NO4P.Mn/c2-1(3)7(4,5)6;/h(H2,2,3)(H2,4,5,6);. The van der Waals surface area contributed by atoms with Crippen molar-refractivity contribution in [1.82, 2.24) is 0 Å². The van der Waals surface area contributed by atoms with E-state index in [4.69, 9.17) is 9.79 Å². The average molecular weight is 180 g/mol. The second-order valence-electron chi connectivity index (χ2n) is 0.882. The summed E-state index contributed by atoms with van der Waals surface area (Å²) in [5.74, 6) is 0. The van der Waals surface area contributed by atoms with Crippen LogP contribution in [-0.2, 0) is 21.6 Å². The molecule has 0 heterocycles. The van der Waals surface area contributed by atoms with Gasteiger partial charge in [0.25, 0.3) is 0 Å². The van der Waals surface area contributed by atoms with E-state index in [0.29, 0.717) is 0 Å². The first kappa shape index (κ1) is 11.0. The maximum atomic E-state index is 9.55. The first-order chi connectivity index (χ1) is 2.94. The molecule has 8 heavy (non-hydrogen) atoms. The topological polar surface area (TPSA) is 101 Å². The molecule has 4 N–H and O–H groups in total. The zero-order valence-electron chi connectivity index (χ0n) is 3.61. The number of amides is 1. The molecule has 0 spiro atoms. The van der Waals surface area contributed by atoms with E-state index in [0.717, 1.165) is 0 Å². The van der Waals surface area contributed by atoms with Crippen LogP contribution in [-0.4, -0.2) is 15.4 Å². The van der Waals surface area contributed by atoms with Gasteiger partial charge >= 0.3 is 13.2 Å². The number of hydrogen-bond donors (Lipinski definition) is 3. The van der Waals surface area contributed by atoms with Crippen LogP contribution >= 0.6 is 7.60 Å². The Kier molecular flexibility index (Phi) is 4.43. The molecule has 0 aromatic heterocycles. The first-order valence-electron chi connectivity index (χ1n) is 1.30. The van der Waals surface area contributed by atoms with Gasteiger partial charge in [-0.25, -0.2) is 4.57 Å². The number of rotatable bonds is 1. The van der Waals surface area contributed by atoms with Crippen molar-refractivity contribution in [3.05, 3.63) is 0 Å². The summed E-state index contributed by atoms with van der Waals surface area (Å²) in [6.07, 6.45) is 0. The molecule has 0 aromatic carbocycles. The summed E-state index contributed by atoms with van der Waals surface area (Å²) < 4.78 is 9.55. The molecule has 5 nitrogen and oxygen atoms in total. The monoisotopic (exact) mass is 180 g/mol. The van der Waals surface area contributed by atoms with Crippen molar-refractivity contribution in [2.75, 3.05) is 0 Å². The Bertz CT molecular complexity index is 128. The third kappa shape index (κ3) is 4.30. The first-order valence-corrected chi connectivity index (χ1v) is 2.91. The average Bonchev–Trinajstić information content (AvgIpc) is 1.31. The van der Waals surface area contributed by atoms with Crippen LogP contribution in [0.25, 0.3) is 0 Å². The molecule has 0 fully saturated rings. The molecular weight excluding hydrogens is 176 g/mol. The van der Waals surface area contributed by atoms with Crippen molar-refractivity contribution in [3.8, 4) is 0 Å². The summed E-state index contributed by atoms with van der Waals surface area (Å²) in [5.41, 5.74) is 2.58. The van der Waals surface area contributed by atoms with Gasteiger partial charge in [0.15, 0.2) is 0 Å². The predicted octanol–water partition coefficient (Wildman–Crippen LogP) is -0.760.